The van der Waals surface area contributed by atoms with Gasteiger partial charge in [0, 0.05) is 5.02 Å². The Bertz CT molecular complexity index is 1260. The number of hydrogen-bond donors (Lipinski definition) is 1. The molecule has 1 N–H and O–H groups in total. The van der Waals surface area contributed by atoms with Gasteiger partial charge in [-0.3, -0.25) is 14.6 Å². The molecule has 0 radical (unpaired) electrons. The molecule has 2 unspecified atom stereocenters. The number of carbonyl (C=O) groups is 1. The first-order chi connectivity index (χ1) is 20.8. The summed E-state index contributed by atoms with van der Waals surface area (Å²) in [6.45, 7) is 6.87. The summed E-state index contributed by atoms with van der Waals surface area (Å²) in [5, 5.41) is 11.2. The fourth-order valence-electron chi connectivity index (χ4n) is 7.21. The highest BCUT2D eigenvalue weighted by Gasteiger charge is 2.36. The van der Waals surface area contributed by atoms with E-state index in [2.05, 4.69) is 11.8 Å². The quantitative estimate of drug-likeness (QED) is 0.239. The maximum Gasteiger partial charge on any atom is 0.401 e. The Labute approximate surface area is 264 Å². The number of carboxylic acids is 1. The van der Waals surface area contributed by atoms with Gasteiger partial charge >= 0.3 is 12.1 Å². The molecule has 244 valence electrons. The van der Waals surface area contributed by atoms with E-state index in [0.717, 1.165) is 38.0 Å². The number of benzene rings is 2. The van der Waals surface area contributed by atoms with Crippen LogP contribution in [-0.2, 0) is 4.79 Å². The van der Waals surface area contributed by atoms with Crippen LogP contribution in [0.3, 0.4) is 0 Å². The zero-order valence-corrected chi connectivity index (χ0v) is 26.9. The minimum absolute atomic E-state index is 0.180. The highest BCUT2D eigenvalue weighted by molar-refractivity contribution is 6.30. The van der Waals surface area contributed by atoms with Gasteiger partial charge in [0.25, 0.3) is 0 Å². The third-order valence-corrected chi connectivity index (χ3v) is 9.84. The molecule has 0 saturated carbocycles. The van der Waals surface area contributed by atoms with Crippen molar-refractivity contribution in [1.82, 2.24) is 14.7 Å². The number of carboxylic acid groups (broad SMARTS) is 1. The molecule has 5 nitrogen and oxygen atoms in total. The molecule has 0 spiro atoms. The van der Waals surface area contributed by atoms with E-state index in [1.807, 2.05) is 23.1 Å². The van der Waals surface area contributed by atoms with Gasteiger partial charge in [-0.25, -0.2) is 4.39 Å². The number of rotatable bonds is 12. The van der Waals surface area contributed by atoms with Gasteiger partial charge in [0.2, 0.25) is 0 Å². The second-order valence-electron chi connectivity index (χ2n) is 12.7. The summed E-state index contributed by atoms with van der Waals surface area (Å²) in [6.07, 6.45) is 1.90. The van der Waals surface area contributed by atoms with Crippen molar-refractivity contribution in [3.8, 4) is 0 Å². The predicted octanol–water partition coefficient (Wildman–Crippen LogP) is 7.95. The molecule has 4 rings (SSSR count). The van der Waals surface area contributed by atoms with Gasteiger partial charge in [-0.2, -0.15) is 13.2 Å². The van der Waals surface area contributed by atoms with Crippen molar-refractivity contribution in [3.63, 3.8) is 0 Å². The molecular weight excluding hydrogens is 594 g/mol. The predicted molar refractivity (Wildman–Crippen MR) is 167 cm³/mol. The molecule has 2 heterocycles. The van der Waals surface area contributed by atoms with E-state index in [1.165, 1.54) is 35.8 Å². The van der Waals surface area contributed by atoms with Crippen LogP contribution in [0.25, 0.3) is 0 Å². The molecule has 2 fully saturated rings. The molecule has 2 atom stereocenters. The van der Waals surface area contributed by atoms with Crippen LogP contribution in [0.4, 0.5) is 17.6 Å². The van der Waals surface area contributed by atoms with Crippen LogP contribution in [0.5, 0.6) is 0 Å². The van der Waals surface area contributed by atoms with Crippen LogP contribution < -0.4 is 0 Å². The lowest BCUT2D eigenvalue weighted by atomic mass is 9.81. The molecule has 0 amide bonds. The van der Waals surface area contributed by atoms with E-state index in [9.17, 15) is 27.5 Å². The molecule has 10 heteroatoms. The van der Waals surface area contributed by atoms with Gasteiger partial charge in [-0.1, -0.05) is 30.2 Å². The van der Waals surface area contributed by atoms with Gasteiger partial charge in [0.1, 0.15) is 11.9 Å². The lowest BCUT2D eigenvalue weighted by Crippen LogP contribution is -2.40. The van der Waals surface area contributed by atoms with E-state index in [0.29, 0.717) is 41.1 Å². The third-order valence-electron chi connectivity index (χ3n) is 9.60. The average molecular weight is 640 g/mol. The number of aryl methyl sites for hydroxylation is 1. The molecule has 0 aromatic heterocycles. The highest BCUT2D eigenvalue weighted by atomic mass is 35.5. The fourth-order valence-corrected chi connectivity index (χ4v) is 7.39. The van der Waals surface area contributed by atoms with Crippen LogP contribution in [0.1, 0.15) is 90.6 Å². The van der Waals surface area contributed by atoms with Gasteiger partial charge < -0.3 is 10.0 Å². The van der Waals surface area contributed by atoms with E-state index in [1.54, 1.807) is 20.0 Å². The summed E-state index contributed by atoms with van der Waals surface area (Å²) in [6, 6.07) is 7.81. The first kappa shape index (κ1) is 34.7. The number of hydrogen-bond acceptors (Lipinski definition) is 4. The molecule has 2 aromatic rings. The molecule has 44 heavy (non-hydrogen) atoms. The summed E-state index contributed by atoms with van der Waals surface area (Å²) in [4.78, 5) is 18.5. The normalized spacial score (nSPS) is 18.9. The van der Waals surface area contributed by atoms with E-state index >= 15 is 0 Å². The number of nitrogens with zero attached hydrogens (tertiary/aromatic N) is 3. The first-order valence-electron chi connectivity index (χ1n) is 15.8. The molecule has 2 saturated heterocycles. The van der Waals surface area contributed by atoms with Crippen molar-refractivity contribution in [1.29, 1.82) is 0 Å². The van der Waals surface area contributed by atoms with E-state index in [-0.39, 0.29) is 24.9 Å². The zero-order valence-electron chi connectivity index (χ0n) is 26.1. The number of piperidine rings is 2. The second-order valence-corrected chi connectivity index (χ2v) is 13.2. The van der Waals surface area contributed by atoms with Crippen LogP contribution in [0.15, 0.2) is 30.3 Å². The van der Waals surface area contributed by atoms with Crippen molar-refractivity contribution < 1.29 is 27.5 Å². The zero-order chi connectivity index (χ0) is 32.0. The molecule has 2 aliphatic heterocycles. The summed E-state index contributed by atoms with van der Waals surface area (Å²) in [7, 11) is 1.79. The Morgan fingerprint density at radius 3 is 2.32 bits per heavy atom. The molecule has 2 aliphatic rings. The van der Waals surface area contributed by atoms with Gasteiger partial charge in [0.05, 0.1) is 6.54 Å². The minimum Gasteiger partial charge on any atom is -0.480 e. The van der Waals surface area contributed by atoms with Crippen molar-refractivity contribution >= 4 is 17.6 Å². The SMILES string of the molecule is Cc1ccc(Cl)cc1C(CCN1CCCCC1)CCN(C)C(C(=O)O)c1ccc(F)c(C)c1C1CCN(CC(F)(F)F)CC1. The largest absolute Gasteiger partial charge is 0.480 e. The summed E-state index contributed by atoms with van der Waals surface area (Å²) in [5.41, 5.74) is 3.87. The van der Waals surface area contributed by atoms with Gasteiger partial charge in [0.15, 0.2) is 0 Å². The van der Waals surface area contributed by atoms with Crippen molar-refractivity contribution in [2.75, 3.05) is 52.9 Å². The second kappa shape index (κ2) is 15.4. The molecule has 0 bridgehead atoms. The number of likely N-dealkylation sites (tertiary alicyclic amines) is 2. The average Bonchev–Trinajstić information content (AvgIpc) is 2.97. The maximum absolute atomic E-state index is 14.9. The Balaban J connectivity index is 1.54. The van der Waals surface area contributed by atoms with E-state index in [4.69, 9.17) is 11.6 Å². The van der Waals surface area contributed by atoms with Crippen LogP contribution in [-0.4, -0.2) is 84.8 Å². The Kier molecular flexibility index (Phi) is 12.1. The monoisotopic (exact) mass is 639 g/mol. The van der Waals surface area contributed by atoms with Crippen LogP contribution in [0, 0.1) is 19.7 Å². The van der Waals surface area contributed by atoms with Crippen LogP contribution >= 0.6 is 11.6 Å². The fraction of sp³-hybridized carbons (Fsp3) is 0.618. The van der Waals surface area contributed by atoms with E-state index < -0.39 is 30.5 Å². The standard InChI is InChI=1S/C34H46ClF4N3O2/c1-23-7-8-27(35)21-29(23)25(12-18-41-15-5-4-6-16-41)11-17-40(3)32(33(43)44)28-9-10-30(36)24(2)31(28)26-13-19-42(20-14-26)22-34(37,38)39/h7-10,21,25-26,32H,4-6,11-20,22H2,1-3H3,(H,43,44). The highest BCUT2D eigenvalue weighted by Crippen LogP contribution is 2.39. The van der Waals surface area contributed by atoms with Crippen molar-refractivity contribution in [3.05, 3.63) is 69.0 Å². The summed E-state index contributed by atoms with van der Waals surface area (Å²) >= 11 is 6.42. The Morgan fingerprint density at radius 2 is 1.68 bits per heavy atom. The van der Waals surface area contributed by atoms with Crippen molar-refractivity contribution in [2.45, 2.75) is 82.8 Å². The Morgan fingerprint density at radius 1 is 1.00 bits per heavy atom. The topological polar surface area (TPSA) is 47.0 Å². The lowest BCUT2D eigenvalue weighted by Gasteiger charge is -2.36. The lowest BCUT2D eigenvalue weighted by molar-refractivity contribution is -0.148. The molecule has 2 aromatic carbocycles. The van der Waals surface area contributed by atoms with Gasteiger partial charge in [-0.05, 0) is 157 Å². The van der Waals surface area contributed by atoms with Crippen LogP contribution in [0.2, 0.25) is 5.02 Å². The Hall–Kier alpha value is -2.20. The third kappa shape index (κ3) is 9.18. The molecule has 0 aliphatic carbocycles. The summed E-state index contributed by atoms with van der Waals surface area (Å²) < 4.78 is 53.8. The van der Waals surface area contributed by atoms with Gasteiger partial charge in [-0.15, -0.1) is 0 Å². The smallest absolute Gasteiger partial charge is 0.401 e. The maximum atomic E-state index is 14.9. The molecular formula is C34H46ClF4N3O2. The number of likely N-dealkylation sites (N-methyl/N-ethyl adjacent to an activating group) is 1. The first-order valence-corrected chi connectivity index (χ1v) is 16.2. The number of aliphatic carboxylic acids is 1. The summed E-state index contributed by atoms with van der Waals surface area (Å²) in [5.74, 6) is -1.49. The van der Waals surface area contributed by atoms with Crippen molar-refractivity contribution in [2.24, 2.45) is 0 Å². The minimum atomic E-state index is -4.28. The number of halogens is 5. The number of alkyl halides is 3.